The van der Waals surface area contributed by atoms with Gasteiger partial charge in [0.05, 0.1) is 31.1 Å². The van der Waals surface area contributed by atoms with E-state index in [1.807, 2.05) is 91.9 Å². The van der Waals surface area contributed by atoms with E-state index in [4.69, 9.17) is 4.74 Å². The highest BCUT2D eigenvalue weighted by atomic mass is 16.5. The summed E-state index contributed by atoms with van der Waals surface area (Å²) in [5, 5.41) is 15.5. The topological polar surface area (TPSA) is 95.9 Å². The largest absolute Gasteiger partial charge is 0.466 e. The Hall–Kier alpha value is -3.97. The number of rotatable bonds is 8. The lowest BCUT2D eigenvalue weighted by Gasteiger charge is -2.33. The number of nitrogens with one attached hydrogen (secondary N) is 1. The van der Waals surface area contributed by atoms with Crippen LogP contribution in [0.4, 0.5) is 5.69 Å². The smallest absolute Gasteiger partial charge is 0.310 e. The quantitative estimate of drug-likeness (QED) is 0.339. The molecule has 1 saturated heterocycles. The number of allylic oxidation sites excluding steroid dienone is 1. The molecule has 5 rings (SSSR count). The summed E-state index contributed by atoms with van der Waals surface area (Å²) in [4.78, 5) is 42.7. The third-order valence-corrected chi connectivity index (χ3v) is 7.97. The Morgan fingerprint density at radius 1 is 1.00 bits per heavy atom. The zero-order valence-corrected chi connectivity index (χ0v) is 22.2. The zero-order valence-electron chi connectivity index (χ0n) is 22.2. The summed E-state index contributed by atoms with van der Waals surface area (Å²) in [6, 6.07) is 21.6. The highest BCUT2D eigenvalue weighted by molar-refractivity contribution is 6.02. The molecule has 3 aromatic carbocycles. The van der Waals surface area contributed by atoms with E-state index in [2.05, 4.69) is 5.32 Å². The van der Waals surface area contributed by atoms with Gasteiger partial charge in [-0.25, -0.2) is 0 Å². The molecule has 7 nitrogen and oxygen atoms in total. The number of ether oxygens (including phenoxy) is 1. The Kier molecular flexibility index (Phi) is 7.79. The first-order chi connectivity index (χ1) is 18.9. The van der Waals surface area contributed by atoms with Crippen molar-refractivity contribution in [3.63, 3.8) is 0 Å². The maximum absolute atomic E-state index is 14.1. The van der Waals surface area contributed by atoms with Crippen molar-refractivity contribution in [1.29, 1.82) is 0 Å². The first kappa shape index (κ1) is 26.6. The maximum Gasteiger partial charge on any atom is 0.310 e. The van der Waals surface area contributed by atoms with Gasteiger partial charge in [0.25, 0.3) is 0 Å². The number of anilines is 1. The average Bonchev–Trinajstić information content (AvgIpc) is 3.24. The van der Waals surface area contributed by atoms with E-state index in [1.165, 1.54) is 4.90 Å². The standard InChI is InChI=1S/C32H34N2O5/c1-3-39-32(38)27-20(2)13-16-26-28(27)31(37)34(25(19-35)17-21-9-5-4-6-10-21)29(26)30(36)33-24-15-14-22-11-7-8-12-23(22)18-24/h4-16,18,20,25-29,35H,3,17,19H2,1-2H3,(H,33,36)/t20-,25-,26+,27-,28-,29+/m1/s1. The van der Waals surface area contributed by atoms with Crippen LogP contribution < -0.4 is 5.32 Å². The number of amides is 2. The van der Waals surface area contributed by atoms with E-state index in [9.17, 15) is 19.5 Å². The number of benzene rings is 3. The lowest BCUT2D eigenvalue weighted by atomic mass is 9.70. The van der Waals surface area contributed by atoms with Crippen LogP contribution in [0.3, 0.4) is 0 Å². The lowest BCUT2D eigenvalue weighted by molar-refractivity contribution is -0.155. The predicted octanol–water partition coefficient (Wildman–Crippen LogP) is 4.21. The molecule has 1 fully saturated rings. The molecule has 2 aliphatic rings. The molecule has 0 bridgehead atoms. The van der Waals surface area contributed by atoms with Crippen molar-refractivity contribution in [2.45, 2.75) is 32.4 Å². The first-order valence-corrected chi connectivity index (χ1v) is 13.5. The summed E-state index contributed by atoms with van der Waals surface area (Å²) in [6.07, 6.45) is 4.18. The molecular formula is C32H34N2O5. The molecule has 7 heteroatoms. The van der Waals surface area contributed by atoms with Crippen LogP contribution in [0.1, 0.15) is 19.4 Å². The average molecular weight is 527 g/mol. The fourth-order valence-electron chi connectivity index (χ4n) is 6.15. The summed E-state index contributed by atoms with van der Waals surface area (Å²) < 4.78 is 5.36. The highest BCUT2D eigenvalue weighted by Crippen LogP contribution is 2.45. The van der Waals surface area contributed by atoms with E-state index in [-0.39, 0.29) is 30.9 Å². The Balaban J connectivity index is 1.52. The second-order valence-corrected chi connectivity index (χ2v) is 10.4. The number of esters is 1. The van der Waals surface area contributed by atoms with Crippen molar-refractivity contribution in [2.75, 3.05) is 18.5 Å². The van der Waals surface area contributed by atoms with Crippen molar-refractivity contribution in [3.8, 4) is 0 Å². The Labute approximate surface area is 228 Å². The third-order valence-electron chi connectivity index (χ3n) is 7.97. The molecule has 6 atom stereocenters. The number of carbonyl (C=O) groups is 3. The minimum atomic E-state index is -0.893. The van der Waals surface area contributed by atoms with Gasteiger partial charge in [0.1, 0.15) is 6.04 Å². The SMILES string of the molecule is CCOC(=O)[C@H]1[C@@H]2C(=O)N([C@@H](CO)Cc3ccccc3)[C@H](C(=O)Nc3ccc4ccccc4c3)[C@H]2C=C[C@H]1C. The molecule has 2 N–H and O–H groups in total. The van der Waals surface area contributed by atoms with Crippen molar-refractivity contribution in [1.82, 2.24) is 4.90 Å². The van der Waals surface area contributed by atoms with Crippen molar-refractivity contribution < 1.29 is 24.2 Å². The molecule has 0 spiro atoms. The van der Waals surface area contributed by atoms with Gasteiger partial charge < -0.3 is 20.1 Å². The number of likely N-dealkylation sites (tertiary alicyclic amines) is 1. The summed E-state index contributed by atoms with van der Waals surface area (Å²) >= 11 is 0. The van der Waals surface area contributed by atoms with Gasteiger partial charge in [-0.3, -0.25) is 14.4 Å². The normalized spacial score (nSPS) is 24.8. The molecular weight excluding hydrogens is 492 g/mol. The number of nitrogens with zero attached hydrogens (tertiary/aromatic N) is 1. The number of fused-ring (bicyclic) bond motifs is 2. The summed E-state index contributed by atoms with van der Waals surface area (Å²) in [6.45, 7) is 3.52. The predicted molar refractivity (Wildman–Crippen MR) is 150 cm³/mol. The Bertz CT molecular complexity index is 1390. The van der Waals surface area contributed by atoms with Crippen molar-refractivity contribution >= 4 is 34.2 Å². The molecule has 202 valence electrons. The van der Waals surface area contributed by atoms with Gasteiger partial charge >= 0.3 is 5.97 Å². The van der Waals surface area contributed by atoms with E-state index in [0.29, 0.717) is 12.1 Å². The van der Waals surface area contributed by atoms with Crippen molar-refractivity contribution in [3.05, 3.63) is 90.5 Å². The van der Waals surface area contributed by atoms with Gasteiger partial charge in [-0.05, 0) is 47.7 Å². The summed E-state index contributed by atoms with van der Waals surface area (Å²) in [5.41, 5.74) is 1.56. The molecule has 39 heavy (non-hydrogen) atoms. The number of hydrogen-bond donors (Lipinski definition) is 2. The molecule has 0 saturated carbocycles. The van der Waals surface area contributed by atoms with Crippen LogP contribution in [0.15, 0.2) is 84.9 Å². The van der Waals surface area contributed by atoms with Crippen LogP contribution >= 0.6 is 0 Å². The van der Waals surface area contributed by atoms with Gasteiger partial charge in [0.2, 0.25) is 11.8 Å². The minimum Gasteiger partial charge on any atom is -0.466 e. The molecule has 1 aliphatic heterocycles. The van der Waals surface area contributed by atoms with Gasteiger partial charge in [-0.15, -0.1) is 0 Å². The second kappa shape index (κ2) is 11.4. The van der Waals surface area contributed by atoms with Crippen molar-refractivity contribution in [2.24, 2.45) is 23.7 Å². The number of aliphatic hydroxyl groups excluding tert-OH is 1. The van der Waals surface area contributed by atoms with Crippen LogP contribution in [0, 0.1) is 23.7 Å². The highest BCUT2D eigenvalue weighted by Gasteiger charge is 2.58. The van der Waals surface area contributed by atoms with E-state index in [0.717, 1.165) is 16.3 Å². The molecule has 3 aromatic rings. The lowest BCUT2D eigenvalue weighted by Crippen LogP contribution is -2.51. The second-order valence-electron chi connectivity index (χ2n) is 10.4. The molecule has 1 aliphatic carbocycles. The minimum absolute atomic E-state index is 0.209. The monoisotopic (exact) mass is 526 g/mol. The number of hydrogen-bond acceptors (Lipinski definition) is 5. The molecule has 2 amide bonds. The van der Waals surface area contributed by atoms with E-state index < -0.39 is 35.8 Å². The van der Waals surface area contributed by atoms with Gasteiger partial charge in [0.15, 0.2) is 0 Å². The molecule has 0 unspecified atom stereocenters. The maximum atomic E-state index is 14.1. The van der Waals surface area contributed by atoms with Gasteiger partial charge in [-0.2, -0.15) is 0 Å². The zero-order chi connectivity index (χ0) is 27.5. The summed E-state index contributed by atoms with van der Waals surface area (Å²) in [5.74, 6) is -3.29. The van der Waals surface area contributed by atoms with E-state index in [1.54, 1.807) is 6.92 Å². The molecule has 0 aromatic heterocycles. The Morgan fingerprint density at radius 2 is 1.72 bits per heavy atom. The molecule has 0 radical (unpaired) electrons. The van der Waals surface area contributed by atoms with Crippen LogP contribution in [-0.2, 0) is 25.5 Å². The third kappa shape index (κ3) is 5.19. The van der Waals surface area contributed by atoms with Crippen LogP contribution in [-0.4, -0.2) is 53.1 Å². The number of carbonyl (C=O) groups excluding carboxylic acids is 3. The fraction of sp³-hybridized carbons (Fsp3) is 0.344. The molecule has 1 heterocycles. The Morgan fingerprint density at radius 3 is 2.44 bits per heavy atom. The summed E-state index contributed by atoms with van der Waals surface area (Å²) in [7, 11) is 0. The fourth-order valence-corrected chi connectivity index (χ4v) is 6.15. The van der Waals surface area contributed by atoms with Crippen LogP contribution in [0.25, 0.3) is 10.8 Å². The van der Waals surface area contributed by atoms with Crippen LogP contribution in [0.5, 0.6) is 0 Å². The first-order valence-electron chi connectivity index (χ1n) is 13.5. The van der Waals surface area contributed by atoms with Gasteiger partial charge in [-0.1, -0.05) is 79.7 Å². The van der Waals surface area contributed by atoms with Gasteiger partial charge in [0, 0.05) is 11.6 Å². The van der Waals surface area contributed by atoms with E-state index >= 15 is 0 Å². The van der Waals surface area contributed by atoms with Crippen LogP contribution in [0.2, 0.25) is 0 Å². The number of aliphatic hydroxyl groups is 1.